The summed E-state index contributed by atoms with van der Waals surface area (Å²) in [7, 11) is 1.64. The fourth-order valence-electron chi connectivity index (χ4n) is 8.27. The molecular weight excluding hydrogens is 508 g/mol. The number of hydrogen-bond acceptors (Lipinski definition) is 7. The van der Waals surface area contributed by atoms with Gasteiger partial charge in [-0.05, 0) is 80.6 Å². The van der Waals surface area contributed by atoms with E-state index in [1.54, 1.807) is 13.4 Å². The van der Waals surface area contributed by atoms with E-state index in [4.69, 9.17) is 14.6 Å². The first kappa shape index (κ1) is 27.0. The van der Waals surface area contributed by atoms with Crippen LogP contribution in [0.4, 0.5) is 5.82 Å². The maximum Gasteiger partial charge on any atom is 0.303 e. The van der Waals surface area contributed by atoms with E-state index in [0.29, 0.717) is 44.1 Å². The van der Waals surface area contributed by atoms with E-state index in [2.05, 4.69) is 20.2 Å². The zero-order chi connectivity index (χ0) is 27.7. The Labute approximate surface area is 235 Å². The predicted molar refractivity (Wildman–Crippen MR) is 149 cm³/mol. The summed E-state index contributed by atoms with van der Waals surface area (Å²) in [5.74, 6) is 3.88. The van der Waals surface area contributed by atoms with Crippen molar-refractivity contribution in [2.45, 2.75) is 77.3 Å². The number of rotatable bonds is 11. The van der Waals surface area contributed by atoms with Crippen LogP contribution in [-0.2, 0) is 29.1 Å². The van der Waals surface area contributed by atoms with Gasteiger partial charge in [0.05, 0.1) is 19.4 Å². The lowest BCUT2D eigenvalue weighted by atomic mass is 9.49. The molecule has 9 nitrogen and oxygen atoms in total. The number of aromatic nitrogens is 2. The third-order valence-corrected chi connectivity index (χ3v) is 9.50. The molecule has 0 saturated heterocycles. The molecular formula is C31H40N4O5. The van der Waals surface area contributed by atoms with E-state index in [0.717, 1.165) is 53.3 Å². The van der Waals surface area contributed by atoms with E-state index in [1.807, 2.05) is 18.2 Å². The van der Waals surface area contributed by atoms with Crippen molar-refractivity contribution in [2.24, 2.45) is 23.2 Å². The van der Waals surface area contributed by atoms with Gasteiger partial charge < -0.3 is 19.9 Å². The van der Waals surface area contributed by atoms with Crippen LogP contribution in [0.3, 0.4) is 0 Å². The van der Waals surface area contributed by atoms with Gasteiger partial charge in [0.15, 0.2) is 0 Å². The molecule has 0 unspecified atom stereocenters. The molecule has 2 N–H and O–H groups in total. The maximum absolute atomic E-state index is 13.3. The van der Waals surface area contributed by atoms with Crippen molar-refractivity contribution in [3.63, 3.8) is 0 Å². The van der Waals surface area contributed by atoms with Crippen LogP contribution < -0.4 is 14.8 Å². The quantitative estimate of drug-likeness (QED) is 0.384. The van der Waals surface area contributed by atoms with E-state index in [1.165, 1.54) is 38.5 Å². The second-order valence-electron chi connectivity index (χ2n) is 12.6. The average Bonchev–Trinajstić information content (AvgIpc) is 2.90. The molecule has 7 rings (SSSR count). The molecule has 4 bridgehead atoms. The Morgan fingerprint density at radius 2 is 1.88 bits per heavy atom. The number of aliphatic carboxylic acids is 1. The van der Waals surface area contributed by atoms with E-state index >= 15 is 0 Å². The Kier molecular flexibility index (Phi) is 7.66. The van der Waals surface area contributed by atoms with Crippen LogP contribution in [0.25, 0.3) is 0 Å². The van der Waals surface area contributed by atoms with Gasteiger partial charge in [-0.15, -0.1) is 0 Å². The fraction of sp³-hybridized carbons (Fsp3) is 0.613. The summed E-state index contributed by atoms with van der Waals surface area (Å²) >= 11 is 0. The van der Waals surface area contributed by atoms with Gasteiger partial charge in [-0.25, -0.2) is 9.97 Å². The predicted octanol–water partition coefficient (Wildman–Crippen LogP) is 4.83. The van der Waals surface area contributed by atoms with Crippen molar-refractivity contribution in [2.75, 3.05) is 25.6 Å². The lowest BCUT2D eigenvalue weighted by Crippen LogP contribution is -2.47. The first-order valence-corrected chi connectivity index (χ1v) is 14.7. The van der Waals surface area contributed by atoms with Gasteiger partial charge >= 0.3 is 5.97 Å². The van der Waals surface area contributed by atoms with Crippen LogP contribution in [0.2, 0.25) is 0 Å². The summed E-state index contributed by atoms with van der Waals surface area (Å²) in [4.78, 5) is 35.3. The Morgan fingerprint density at radius 1 is 1.12 bits per heavy atom. The molecule has 0 atom stereocenters. The van der Waals surface area contributed by atoms with Gasteiger partial charge in [0.1, 0.15) is 23.6 Å². The van der Waals surface area contributed by atoms with Crippen molar-refractivity contribution in [3.8, 4) is 11.5 Å². The molecule has 0 spiro atoms. The number of hydrogen-bond donors (Lipinski definition) is 2. The molecule has 4 saturated carbocycles. The summed E-state index contributed by atoms with van der Waals surface area (Å²) in [6.07, 6.45) is 11.3. The molecule has 0 radical (unpaired) electrons. The molecule has 2 heterocycles. The van der Waals surface area contributed by atoms with Crippen molar-refractivity contribution in [1.82, 2.24) is 14.9 Å². The zero-order valence-corrected chi connectivity index (χ0v) is 23.4. The highest BCUT2D eigenvalue weighted by Gasteiger charge is 2.51. The second kappa shape index (κ2) is 11.4. The number of fused-ring (bicyclic) bond motifs is 1. The number of benzene rings is 1. The number of nitrogens with zero attached hydrogens (tertiary/aromatic N) is 3. The molecule has 9 heteroatoms. The third-order valence-electron chi connectivity index (χ3n) is 9.50. The SMILES string of the molecule is COc1cc(OCCCC(=O)O)ccc1CN1CCc2c(ncnc2NC(=O)CC23CC4CC(CC(C4)C2)C3)C1. The standard InChI is InChI=1S/C31H40N4O5/c1-39-27-12-24(40-8-2-3-29(37)38)5-4-23(27)17-35-7-6-25-26(18-35)32-19-33-30(25)34-28(36)16-31-13-20-9-21(14-31)11-22(10-20)15-31/h4-5,12,19-22H,2-3,6-11,13-18H2,1H3,(H,37,38)(H,32,33,34,36). The van der Waals surface area contributed by atoms with Crippen LogP contribution in [0, 0.1) is 23.2 Å². The van der Waals surface area contributed by atoms with Crippen LogP contribution in [0.15, 0.2) is 24.5 Å². The largest absolute Gasteiger partial charge is 0.496 e. The number of carbonyl (C=O) groups excluding carboxylic acids is 1. The fourth-order valence-corrected chi connectivity index (χ4v) is 8.27. The van der Waals surface area contributed by atoms with Gasteiger partial charge in [0, 0.05) is 49.7 Å². The van der Waals surface area contributed by atoms with E-state index < -0.39 is 5.97 Å². The normalized spacial score (nSPS) is 26.8. The highest BCUT2D eigenvalue weighted by atomic mass is 16.5. The lowest BCUT2D eigenvalue weighted by molar-refractivity contribution is -0.137. The van der Waals surface area contributed by atoms with Crippen LogP contribution in [-0.4, -0.2) is 52.1 Å². The molecule has 4 aliphatic carbocycles. The molecule has 2 aromatic rings. The average molecular weight is 549 g/mol. The minimum atomic E-state index is -0.822. The number of carbonyl (C=O) groups is 2. The maximum atomic E-state index is 13.3. The molecule has 1 aliphatic heterocycles. The van der Waals surface area contributed by atoms with E-state index in [9.17, 15) is 9.59 Å². The molecule has 1 aromatic heterocycles. The number of nitrogens with one attached hydrogen (secondary N) is 1. The summed E-state index contributed by atoms with van der Waals surface area (Å²) in [6.45, 7) is 2.54. The third kappa shape index (κ3) is 5.94. The molecule has 5 aliphatic rings. The number of ether oxygens (including phenoxy) is 2. The number of carboxylic acids is 1. The minimum Gasteiger partial charge on any atom is -0.496 e. The van der Waals surface area contributed by atoms with Crippen molar-refractivity contribution >= 4 is 17.7 Å². The van der Waals surface area contributed by atoms with Crippen LogP contribution in [0.1, 0.15) is 74.6 Å². The molecule has 4 fully saturated rings. The van der Waals surface area contributed by atoms with Gasteiger partial charge in [-0.1, -0.05) is 6.07 Å². The Hall–Kier alpha value is -3.20. The highest BCUT2D eigenvalue weighted by Crippen LogP contribution is 2.61. The first-order chi connectivity index (χ1) is 19.4. The Morgan fingerprint density at radius 3 is 2.58 bits per heavy atom. The van der Waals surface area contributed by atoms with Gasteiger partial charge in [0.25, 0.3) is 0 Å². The zero-order valence-electron chi connectivity index (χ0n) is 23.4. The highest BCUT2D eigenvalue weighted by molar-refractivity contribution is 5.91. The molecule has 1 amide bonds. The summed E-state index contributed by atoms with van der Waals surface area (Å²) in [5.41, 5.74) is 3.27. The van der Waals surface area contributed by atoms with Crippen LogP contribution >= 0.6 is 0 Å². The van der Waals surface area contributed by atoms with Crippen molar-refractivity contribution in [1.29, 1.82) is 0 Å². The minimum absolute atomic E-state index is 0.0860. The molecule has 40 heavy (non-hydrogen) atoms. The summed E-state index contributed by atoms with van der Waals surface area (Å²) < 4.78 is 11.3. The summed E-state index contributed by atoms with van der Waals surface area (Å²) in [6, 6.07) is 5.75. The first-order valence-electron chi connectivity index (χ1n) is 14.7. The number of anilines is 1. The number of methoxy groups -OCH3 is 1. The van der Waals surface area contributed by atoms with Gasteiger partial charge in [-0.3, -0.25) is 14.5 Å². The second-order valence-corrected chi connectivity index (χ2v) is 12.6. The van der Waals surface area contributed by atoms with E-state index in [-0.39, 0.29) is 17.7 Å². The summed E-state index contributed by atoms with van der Waals surface area (Å²) in [5, 5.41) is 12.0. The van der Waals surface area contributed by atoms with Gasteiger partial charge in [0.2, 0.25) is 5.91 Å². The van der Waals surface area contributed by atoms with Crippen LogP contribution in [0.5, 0.6) is 11.5 Å². The Bertz CT molecular complexity index is 1230. The van der Waals surface area contributed by atoms with Crippen molar-refractivity contribution < 1.29 is 24.2 Å². The molecule has 1 aromatic carbocycles. The number of carboxylic acid groups (broad SMARTS) is 1. The Balaban J connectivity index is 1.06. The lowest BCUT2D eigenvalue weighted by Gasteiger charge is -2.56. The molecule has 214 valence electrons. The monoisotopic (exact) mass is 548 g/mol. The smallest absolute Gasteiger partial charge is 0.303 e. The number of amides is 1. The topological polar surface area (TPSA) is 114 Å². The van der Waals surface area contributed by atoms with Gasteiger partial charge in [-0.2, -0.15) is 0 Å². The van der Waals surface area contributed by atoms with Crippen molar-refractivity contribution in [3.05, 3.63) is 41.3 Å².